The number of amidine groups is 1. The maximum Gasteiger partial charge on any atom is 0.448 e. The van der Waals surface area contributed by atoms with Crippen molar-refractivity contribution in [1.82, 2.24) is 5.32 Å². The zero-order valence-electron chi connectivity index (χ0n) is 5.93. The van der Waals surface area contributed by atoms with Crippen LogP contribution < -0.4 is 5.32 Å². The summed E-state index contributed by atoms with van der Waals surface area (Å²) in [6, 6.07) is 0. The third-order valence-electron chi connectivity index (χ3n) is 1.23. The zero-order chi connectivity index (χ0) is 8.48. The quantitative estimate of drug-likeness (QED) is 0.598. The predicted octanol–water partition coefficient (Wildman–Crippen LogP) is 0.333. The van der Waals surface area contributed by atoms with Crippen LogP contribution >= 0.6 is 12.4 Å². The van der Waals surface area contributed by atoms with Gasteiger partial charge in [-0.1, -0.05) is 0 Å². The molecule has 0 saturated heterocycles. The van der Waals surface area contributed by atoms with Gasteiger partial charge in [0.2, 0.25) is 5.84 Å². The highest BCUT2D eigenvalue weighted by Crippen LogP contribution is 2.16. The average molecular weight is 205 g/mol. The maximum absolute atomic E-state index is 11.8. The second-order valence-corrected chi connectivity index (χ2v) is 2.22. The molecule has 1 heterocycles. The van der Waals surface area contributed by atoms with Crippen molar-refractivity contribution in [2.75, 3.05) is 13.1 Å². The summed E-state index contributed by atoms with van der Waals surface area (Å²) in [5, 5.41) is 10.7. The molecule has 0 bridgehead atoms. The monoisotopic (exact) mass is 204 g/mol. The normalized spacial score (nSPS) is 23.7. The molecule has 0 amide bonds. The molecule has 0 spiro atoms. The van der Waals surface area contributed by atoms with Gasteiger partial charge in [-0.2, -0.15) is 13.2 Å². The Hall–Kier alpha value is -0.490. The molecule has 0 fully saturated rings. The molecule has 1 aliphatic rings. The van der Waals surface area contributed by atoms with Crippen LogP contribution in [-0.4, -0.2) is 36.3 Å². The van der Waals surface area contributed by atoms with Crippen molar-refractivity contribution in [3.8, 4) is 0 Å². The summed E-state index contributed by atoms with van der Waals surface area (Å²) in [4.78, 5) is 3.11. The third kappa shape index (κ3) is 2.86. The van der Waals surface area contributed by atoms with E-state index in [1.165, 1.54) is 0 Å². The second kappa shape index (κ2) is 3.95. The van der Waals surface area contributed by atoms with Crippen LogP contribution in [0.5, 0.6) is 0 Å². The number of aliphatic hydroxyl groups is 1. The minimum Gasteiger partial charge on any atom is -0.389 e. The van der Waals surface area contributed by atoms with Gasteiger partial charge in [0.1, 0.15) is 0 Å². The van der Waals surface area contributed by atoms with E-state index in [-0.39, 0.29) is 25.5 Å². The molecule has 72 valence electrons. The number of nitrogens with one attached hydrogen (secondary N) is 1. The summed E-state index contributed by atoms with van der Waals surface area (Å²) in [6.45, 7) is -0.264. The molecule has 1 atom stereocenters. The molecule has 0 aromatic carbocycles. The van der Waals surface area contributed by atoms with E-state index in [1.807, 2.05) is 5.32 Å². The number of β-amino-alcohol motifs (C(OH)–C–C–N with tert-alkyl or cyclic N) is 1. The summed E-state index contributed by atoms with van der Waals surface area (Å²) in [7, 11) is 0. The Balaban J connectivity index is 0.00000121. The van der Waals surface area contributed by atoms with Gasteiger partial charge in [0.05, 0.1) is 12.6 Å². The molecule has 2 N–H and O–H groups in total. The lowest BCUT2D eigenvalue weighted by Gasteiger charge is -2.20. The molecule has 0 aromatic rings. The summed E-state index contributed by atoms with van der Waals surface area (Å²) in [5.74, 6) is -0.997. The first kappa shape index (κ1) is 11.5. The first-order valence-electron chi connectivity index (χ1n) is 3.04. The maximum atomic E-state index is 11.8. The van der Waals surface area contributed by atoms with Gasteiger partial charge < -0.3 is 10.4 Å². The molecule has 3 nitrogen and oxygen atoms in total. The van der Waals surface area contributed by atoms with Gasteiger partial charge >= 0.3 is 6.18 Å². The Morgan fingerprint density at radius 1 is 1.50 bits per heavy atom. The topological polar surface area (TPSA) is 44.6 Å². The van der Waals surface area contributed by atoms with Gasteiger partial charge in [-0.15, -0.1) is 12.4 Å². The lowest BCUT2D eigenvalue weighted by atomic mass is 10.3. The summed E-state index contributed by atoms with van der Waals surface area (Å²) in [5.41, 5.74) is 0. The van der Waals surface area contributed by atoms with Crippen molar-refractivity contribution in [3.05, 3.63) is 0 Å². The predicted molar refractivity (Wildman–Crippen MR) is 39.6 cm³/mol. The van der Waals surface area contributed by atoms with E-state index in [2.05, 4.69) is 4.99 Å². The molecule has 1 rings (SSSR count). The smallest absolute Gasteiger partial charge is 0.389 e. The first-order chi connectivity index (χ1) is 5.00. The number of rotatable bonds is 0. The standard InChI is InChI=1S/C5H7F3N2O.ClH/c6-5(7,8)4-9-1-3(11)2-10-4;/h3,11H,1-2H2,(H,9,10);1H. The Morgan fingerprint density at radius 3 is 2.42 bits per heavy atom. The van der Waals surface area contributed by atoms with Crippen LogP contribution in [0.3, 0.4) is 0 Å². The van der Waals surface area contributed by atoms with Crippen molar-refractivity contribution >= 4 is 18.2 Å². The van der Waals surface area contributed by atoms with E-state index in [0.29, 0.717) is 0 Å². The van der Waals surface area contributed by atoms with E-state index in [0.717, 1.165) is 0 Å². The molecule has 1 aliphatic heterocycles. The highest BCUT2D eigenvalue weighted by atomic mass is 35.5. The van der Waals surface area contributed by atoms with E-state index in [4.69, 9.17) is 5.11 Å². The molecular weight excluding hydrogens is 197 g/mol. The van der Waals surface area contributed by atoms with Gasteiger partial charge in [-0.3, -0.25) is 4.99 Å². The lowest BCUT2D eigenvalue weighted by Crippen LogP contribution is -2.45. The molecule has 0 aromatic heterocycles. The van der Waals surface area contributed by atoms with Crippen LogP contribution in [0.2, 0.25) is 0 Å². The lowest BCUT2D eigenvalue weighted by molar-refractivity contribution is -0.0633. The number of nitrogens with zero attached hydrogens (tertiary/aromatic N) is 1. The van der Waals surface area contributed by atoms with Crippen LogP contribution in [0.25, 0.3) is 0 Å². The molecule has 0 aliphatic carbocycles. The summed E-state index contributed by atoms with van der Waals surface area (Å²) < 4.78 is 35.4. The van der Waals surface area contributed by atoms with E-state index >= 15 is 0 Å². The second-order valence-electron chi connectivity index (χ2n) is 2.22. The summed E-state index contributed by atoms with van der Waals surface area (Å²) >= 11 is 0. The van der Waals surface area contributed by atoms with Crippen LogP contribution in [-0.2, 0) is 0 Å². The fraction of sp³-hybridized carbons (Fsp3) is 0.800. The van der Waals surface area contributed by atoms with Crippen molar-refractivity contribution in [2.45, 2.75) is 12.3 Å². The molecule has 1 unspecified atom stereocenters. The van der Waals surface area contributed by atoms with Crippen molar-refractivity contribution in [1.29, 1.82) is 0 Å². The van der Waals surface area contributed by atoms with Gasteiger partial charge in [-0.05, 0) is 0 Å². The van der Waals surface area contributed by atoms with E-state index in [1.54, 1.807) is 0 Å². The van der Waals surface area contributed by atoms with Crippen molar-refractivity contribution < 1.29 is 18.3 Å². The van der Waals surface area contributed by atoms with Gasteiger partial charge in [0.15, 0.2) is 0 Å². The van der Waals surface area contributed by atoms with Crippen molar-refractivity contribution in [3.63, 3.8) is 0 Å². The minimum atomic E-state index is -4.42. The van der Waals surface area contributed by atoms with Crippen LogP contribution in [0.1, 0.15) is 0 Å². The SMILES string of the molecule is Cl.OC1CN=C(C(F)(F)F)NC1. The highest BCUT2D eigenvalue weighted by molar-refractivity contribution is 5.88. The zero-order valence-corrected chi connectivity index (χ0v) is 6.74. The van der Waals surface area contributed by atoms with Crippen LogP contribution in [0, 0.1) is 0 Å². The number of aliphatic imine (C=N–C) groups is 1. The van der Waals surface area contributed by atoms with E-state index < -0.39 is 18.1 Å². The molecular formula is C5H8ClF3N2O. The van der Waals surface area contributed by atoms with Gasteiger partial charge in [0, 0.05) is 6.54 Å². The minimum absolute atomic E-state index is 0. The Kier molecular flexibility index (Phi) is 3.79. The number of halogens is 4. The highest BCUT2D eigenvalue weighted by Gasteiger charge is 2.37. The van der Waals surface area contributed by atoms with Gasteiger partial charge in [-0.25, -0.2) is 0 Å². The number of aliphatic hydroxyl groups excluding tert-OH is 1. The number of hydrogen-bond donors (Lipinski definition) is 2. The molecule has 7 heteroatoms. The van der Waals surface area contributed by atoms with E-state index in [9.17, 15) is 13.2 Å². The molecule has 0 saturated carbocycles. The Bertz CT molecular complexity index is 182. The molecule has 12 heavy (non-hydrogen) atoms. The first-order valence-corrected chi connectivity index (χ1v) is 3.04. The van der Waals surface area contributed by atoms with Crippen LogP contribution in [0.15, 0.2) is 4.99 Å². The molecule has 0 radical (unpaired) electrons. The Morgan fingerprint density at radius 2 is 2.08 bits per heavy atom. The number of hydrogen-bond acceptors (Lipinski definition) is 3. The third-order valence-corrected chi connectivity index (χ3v) is 1.23. The van der Waals surface area contributed by atoms with Crippen molar-refractivity contribution in [2.24, 2.45) is 4.99 Å². The fourth-order valence-electron chi connectivity index (χ4n) is 0.721. The number of alkyl halides is 3. The fourth-order valence-corrected chi connectivity index (χ4v) is 0.721. The summed E-state index contributed by atoms with van der Waals surface area (Å²) in [6.07, 6.45) is -5.22. The Labute approximate surface area is 73.1 Å². The van der Waals surface area contributed by atoms with Crippen LogP contribution in [0.4, 0.5) is 13.2 Å². The van der Waals surface area contributed by atoms with Gasteiger partial charge in [0.25, 0.3) is 0 Å². The average Bonchev–Trinajstić information content (AvgIpc) is 1.86. The largest absolute Gasteiger partial charge is 0.448 e.